The van der Waals surface area contributed by atoms with Gasteiger partial charge in [0.05, 0.1) is 24.1 Å². The second kappa shape index (κ2) is 10.6. The van der Waals surface area contributed by atoms with Crippen LogP contribution in [0.1, 0.15) is 48.1 Å². The van der Waals surface area contributed by atoms with Crippen molar-refractivity contribution < 1.29 is 18.8 Å². The molecule has 1 saturated carbocycles. The molecule has 0 aromatic carbocycles. The lowest BCUT2D eigenvalue weighted by Crippen LogP contribution is -2.47. The Morgan fingerprint density at radius 2 is 1.88 bits per heavy atom. The molecule has 3 atom stereocenters. The molecule has 0 bridgehead atoms. The van der Waals surface area contributed by atoms with Crippen LogP contribution in [-0.4, -0.2) is 71.0 Å². The Kier molecular flexibility index (Phi) is 7.08. The highest BCUT2D eigenvalue weighted by Crippen LogP contribution is 2.61. The van der Waals surface area contributed by atoms with Gasteiger partial charge in [-0.15, -0.1) is 0 Å². The van der Waals surface area contributed by atoms with E-state index in [4.69, 9.17) is 0 Å². The highest BCUT2D eigenvalue weighted by molar-refractivity contribution is 9.10. The topological polar surface area (TPSA) is 136 Å². The summed E-state index contributed by atoms with van der Waals surface area (Å²) in [5.41, 5.74) is 2.31. The van der Waals surface area contributed by atoms with Gasteiger partial charge in [0, 0.05) is 36.3 Å². The predicted octanol–water partition coefficient (Wildman–Crippen LogP) is 4.22. The summed E-state index contributed by atoms with van der Waals surface area (Å²) in [6, 6.07) is 4.31. The Morgan fingerprint density at radius 1 is 1.12 bits per heavy atom. The van der Waals surface area contributed by atoms with E-state index in [9.17, 15) is 18.8 Å². The van der Waals surface area contributed by atoms with Crippen LogP contribution in [0.25, 0.3) is 22.2 Å². The van der Waals surface area contributed by atoms with Gasteiger partial charge in [0.15, 0.2) is 5.78 Å². The van der Waals surface area contributed by atoms with Gasteiger partial charge in [0.2, 0.25) is 11.8 Å². The number of aromatic nitrogens is 6. The predicted molar refractivity (Wildman–Crippen MR) is 155 cm³/mol. The first kappa shape index (κ1) is 28.0. The molecule has 2 amide bonds. The average molecular weight is 635 g/mol. The third kappa shape index (κ3) is 4.95. The van der Waals surface area contributed by atoms with Gasteiger partial charge < -0.3 is 10.2 Å². The number of ketones is 1. The van der Waals surface area contributed by atoms with E-state index in [0.717, 1.165) is 5.56 Å². The van der Waals surface area contributed by atoms with Gasteiger partial charge in [-0.05, 0) is 72.2 Å². The summed E-state index contributed by atoms with van der Waals surface area (Å²) in [5.74, 6) is 0.0466. The van der Waals surface area contributed by atoms with Crippen molar-refractivity contribution in [3.63, 3.8) is 0 Å². The smallest absolute Gasteiger partial charge is 0.248 e. The number of hydrogen-bond acceptors (Lipinski definition) is 8. The molecular weight excluding hydrogens is 607 g/mol. The van der Waals surface area contributed by atoms with Crippen LogP contribution >= 0.6 is 15.9 Å². The summed E-state index contributed by atoms with van der Waals surface area (Å²) < 4.78 is 15.5. The zero-order chi connectivity index (χ0) is 29.8. The minimum atomic E-state index is -0.789. The lowest BCUT2D eigenvalue weighted by atomic mass is 9.96. The van der Waals surface area contributed by atoms with Crippen molar-refractivity contribution in [3.05, 3.63) is 58.5 Å². The SMILES string of the molecule is CC(=O)c1nn(CC(=O)N2C3C[C@]3(CCF)C[C@H]2C(=O)Nc2nc(Br)ccc2C)c2cnc(-c3cnc(C)nc3)cc12. The van der Waals surface area contributed by atoms with Gasteiger partial charge in [-0.25, -0.2) is 15.0 Å². The number of likely N-dealkylation sites (tertiary alicyclic amines) is 1. The molecule has 1 saturated heterocycles. The Morgan fingerprint density at radius 3 is 2.60 bits per heavy atom. The quantitative estimate of drug-likeness (QED) is 0.225. The Balaban J connectivity index is 1.30. The van der Waals surface area contributed by atoms with E-state index in [1.165, 1.54) is 11.6 Å². The van der Waals surface area contributed by atoms with E-state index in [-0.39, 0.29) is 42.3 Å². The van der Waals surface area contributed by atoms with Crippen LogP contribution in [0.4, 0.5) is 10.2 Å². The molecule has 1 aliphatic carbocycles. The van der Waals surface area contributed by atoms with Crippen LogP contribution in [0.15, 0.2) is 41.4 Å². The van der Waals surface area contributed by atoms with Gasteiger partial charge >= 0.3 is 0 Å². The molecule has 4 aromatic heterocycles. The highest BCUT2D eigenvalue weighted by Gasteiger charge is 2.66. The van der Waals surface area contributed by atoms with Crippen molar-refractivity contribution in [3.8, 4) is 11.3 Å². The number of rotatable bonds is 8. The molecule has 0 radical (unpaired) electrons. The van der Waals surface area contributed by atoms with Crippen LogP contribution in [-0.2, 0) is 16.1 Å². The number of nitrogens with one attached hydrogen (secondary N) is 1. The number of hydrogen-bond donors (Lipinski definition) is 1. The maximum absolute atomic E-state index is 13.9. The van der Waals surface area contributed by atoms with Gasteiger partial charge in [-0.3, -0.25) is 28.4 Å². The number of aryl methyl sites for hydroxylation is 2. The molecule has 5 heterocycles. The molecule has 6 rings (SSSR count). The van der Waals surface area contributed by atoms with Gasteiger partial charge in [-0.1, -0.05) is 6.07 Å². The fourth-order valence-electron chi connectivity index (χ4n) is 5.94. The third-order valence-electron chi connectivity index (χ3n) is 8.24. The molecule has 1 unspecified atom stereocenters. The van der Waals surface area contributed by atoms with E-state index in [0.29, 0.717) is 51.2 Å². The van der Waals surface area contributed by atoms with Crippen molar-refractivity contribution in [1.82, 2.24) is 34.6 Å². The normalized spacial score (nSPS) is 20.9. The number of carbonyl (C=O) groups excluding carboxylic acids is 3. The number of nitrogens with zero attached hydrogens (tertiary/aromatic N) is 7. The van der Waals surface area contributed by atoms with Gasteiger partial charge in [0.1, 0.15) is 34.5 Å². The average Bonchev–Trinajstić information content (AvgIpc) is 3.36. The number of amides is 2. The van der Waals surface area contributed by atoms with E-state index >= 15 is 0 Å². The zero-order valence-corrected chi connectivity index (χ0v) is 24.9. The number of piperidine rings is 1. The summed E-state index contributed by atoms with van der Waals surface area (Å²) in [7, 11) is 0. The lowest BCUT2D eigenvalue weighted by molar-refractivity contribution is -0.138. The van der Waals surface area contributed by atoms with Gasteiger partial charge in [0.25, 0.3) is 0 Å². The number of alkyl halides is 1. The van der Waals surface area contributed by atoms with Crippen molar-refractivity contribution in [1.29, 1.82) is 0 Å². The summed E-state index contributed by atoms with van der Waals surface area (Å²) in [4.78, 5) is 58.8. The number of pyridine rings is 2. The van der Waals surface area contributed by atoms with E-state index in [1.54, 1.807) is 42.5 Å². The molecule has 2 fully saturated rings. The number of fused-ring (bicyclic) bond motifs is 2. The van der Waals surface area contributed by atoms with E-state index < -0.39 is 18.1 Å². The first-order valence-corrected chi connectivity index (χ1v) is 14.4. The van der Waals surface area contributed by atoms with Crippen molar-refractivity contribution in [2.45, 2.75) is 58.7 Å². The van der Waals surface area contributed by atoms with E-state index in [2.05, 4.69) is 46.3 Å². The number of anilines is 1. The standard InChI is InChI=1S/C29H28BrFN8O3/c1-15-4-5-24(30)35-27(15)36-28(42)21-9-29(6-7-31)10-23(29)39(21)25(41)14-38-22-13-34-20(18-11-32-17(3)33-12-18)8-19(22)26(37-38)16(2)40/h4-5,8,11-13,21,23H,6-7,9-10,14H2,1-3H3,(H,35,36,42)/t21-,23?,29-/m0/s1. The lowest BCUT2D eigenvalue weighted by Gasteiger charge is -2.27. The fourth-order valence-corrected chi connectivity index (χ4v) is 6.25. The van der Waals surface area contributed by atoms with Gasteiger partial charge in [-0.2, -0.15) is 5.10 Å². The molecule has 216 valence electrons. The van der Waals surface area contributed by atoms with Crippen LogP contribution < -0.4 is 5.32 Å². The summed E-state index contributed by atoms with van der Waals surface area (Å²) >= 11 is 3.33. The highest BCUT2D eigenvalue weighted by atomic mass is 79.9. The number of Topliss-reactive ketones (excluding diaryl/α,β-unsaturated/α-hetero) is 1. The summed E-state index contributed by atoms with van der Waals surface area (Å²) in [6.45, 7) is 4.29. The van der Waals surface area contributed by atoms with Crippen molar-refractivity contribution in [2.75, 3.05) is 12.0 Å². The molecule has 13 heteroatoms. The molecule has 4 aromatic rings. The summed E-state index contributed by atoms with van der Waals surface area (Å²) in [6.07, 6.45) is 6.17. The maximum Gasteiger partial charge on any atom is 0.248 e. The zero-order valence-electron chi connectivity index (χ0n) is 23.3. The molecule has 1 aliphatic heterocycles. The Hall–Kier alpha value is -4.13. The van der Waals surface area contributed by atoms with Crippen LogP contribution in [0.3, 0.4) is 0 Å². The molecule has 1 N–H and O–H groups in total. The molecule has 42 heavy (non-hydrogen) atoms. The third-order valence-corrected chi connectivity index (χ3v) is 8.68. The molecule has 11 nitrogen and oxygen atoms in total. The van der Waals surface area contributed by atoms with Crippen molar-refractivity contribution in [2.24, 2.45) is 5.41 Å². The summed E-state index contributed by atoms with van der Waals surface area (Å²) in [5, 5.41) is 7.88. The largest absolute Gasteiger partial charge is 0.325 e. The second-order valence-corrected chi connectivity index (χ2v) is 11.8. The number of carbonyl (C=O) groups is 3. The van der Waals surface area contributed by atoms with E-state index in [1.807, 2.05) is 13.0 Å². The fraction of sp³-hybridized carbons (Fsp3) is 0.379. The van der Waals surface area contributed by atoms with Crippen LogP contribution in [0.2, 0.25) is 0 Å². The molecule has 0 spiro atoms. The van der Waals surface area contributed by atoms with Crippen LogP contribution in [0, 0.1) is 19.3 Å². The van der Waals surface area contributed by atoms with Crippen LogP contribution in [0.5, 0.6) is 0 Å². The minimum Gasteiger partial charge on any atom is -0.325 e. The minimum absolute atomic E-state index is 0.208. The first-order valence-electron chi connectivity index (χ1n) is 13.6. The monoisotopic (exact) mass is 634 g/mol. The first-order chi connectivity index (χ1) is 20.1. The second-order valence-electron chi connectivity index (χ2n) is 11.0. The maximum atomic E-state index is 13.9. The van der Waals surface area contributed by atoms with Crippen molar-refractivity contribution >= 4 is 50.2 Å². The molecule has 2 aliphatic rings. The number of halogens is 2. The Bertz CT molecular complexity index is 1740. The molecular formula is C29H28BrFN8O3. The Labute approximate surface area is 249 Å².